The summed E-state index contributed by atoms with van der Waals surface area (Å²) in [4.78, 5) is 11.7. The molecule has 3 heterocycles. The van der Waals surface area contributed by atoms with E-state index in [-0.39, 0.29) is 6.10 Å². The Balaban J connectivity index is 1.66. The lowest BCUT2D eigenvalue weighted by Gasteiger charge is -2.33. The zero-order valence-electron chi connectivity index (χ0n) is 13.7. The third kappa shape index (κ3) is 2.69. The summed E-state index contributed by atoms with van der Waals surface area (Å²) < 4.78 is 16.6. The molecule has 6 heteroatoms. The standard InChI is InChI=1S/C18H19N3O3/c1-12-18(20-14-6-5-13(22-2)10-15(14)19-12)21-7-9-24-17(11-21)16-4-3-8-23-16/h3-6,8,10,17H,7,9,11H2,1-2H3. The highest BCUT2D eigenvalue weighted by atomic mass is 16.5. The van der Waals surface area contributed by atoms with Gasteiger partial charge in [0.2, 0.25) is 0 Å². The largest absolute Gasteiger partial charge is 0.497 e. The first-order valence-electron chi connectivity index (χ1n) is 7.97. The number of hydrogen-bond acceptors (Lipinski definition) is 6. The molecule has 0 amide bonds. The Labute approximate surface area is 140 Å². The average Bonchev–Trinajstić information content (AvgIpc) is 3.15. The van der Waals surface area contributed by atoms with E-state index < -0.39 is 0 Å². The highest BCUT2D eigenvalue weighted by Crippen LogP contribution is 2.28. The Bertz CT molecular complexity index is 848. The fourth-order valence-electron chi connectivity index (χ4n) is 3.03. The van der Waals surface area contributed by atoms with Gasteiger partial charge in [0.25, 0.3) is 0 Å². The van der Waals surface area contributed by atoms with Crippen LogP contribution in [-0.2, 0) is 4.74 Å². The molecule has 0 spiro atoms. The van der Waals surface area contributed by atoms with Crippen LogP contribution in [-0.4, -0.2) is 36.8 Å². The van der Waals surface area contributed by atoms with Crippen LogP contribution in [0.2, 0.25) is 0 Å². The molecule has 0 aliphatic carbocycles. The lowest BCUT2D eigenvalue weighted by Crippen LogP contribution is -2.39. The van der Waals surface area contributed by atoms with Crippen LogP contribution in [0.4, 0.5) is 5.82 Å². The van der Waals surface area contributed by atoms with Crippen LogP contribution < -0.4 is 9.64 Å². The number of anilines is 1. The van der Waals surface area contributed by atoms with Crippen molar-refractivity contribution in [3.63, 3.8) is 0 Å². The van der Waals surface area contributed by atoms with Crippen LogP contribution in [0.3, 0.4) is 0 Å². The summed E-state index contributed by atoms with van der Waals surface area (Å²) in [7, 11) is 1.65. The Morgan fingerprint density at radius 1 is 1.21 bits per heavy atom. The molecule has 6 nitrogen and oxygen atoms in total. The molecule has 0 saturated carbocycles. The van der Waals surface area contributed by atoms with E-state index in [1.165, 1.54) is 0 Å². The SMILES string of the molecule is COc1ccc2nc(N3CCOC(c4ccco4)C3)c(C)nc2c1. The minimum Gasteiger partial charge on any atom is -0.497 e. The number of aromatic nitrogens is 2. The first-order chi connectivity index (χ1) is 11.7. The van der Waals surface area contributed by atoms with E-state index in [2.05, 4.69) is 4.90 Å². The van der Waals surface area contributed by atoms with Gasteiger partial charge in [0, 0.05) is 12.6 Å². The number of benzene rings is 1. The first-order valence-corrected chi connectivity index (χ1v) is 7.97. The number of morpholine rings is 1. The number of rotatable bonds is 3. The van der Waals surface area contributed by atoms with Crippen molar-refractivity contribution in [1.82, 2.24) is 9.97 Å². The highest BCUT2D eigenvalue weighted by molar-refractivity contribution is 5.78. The molecule has 1 aliphatic rings. The molecule has 1 aromatic carbocycles. The third-order valence-electron chi connectivity index (χ3n) is 4.25. The van der Waals surface area contributed by atoms with Gasteiger partial charge in [-0.1, -0.05) is 0 Å². The Morgan fingerprint density at radius 3 is 2.92 bits per heavy atom. The van der Waals surface area contributed by atoms with E-state index in [9.17, 15) is 0 Å². The van der Waals surface area contributed by atoms with Crippen molar-refractivity contribution in [1.29, 1.82) is 0 Å². The van der Waals surface area contributed by atoms with Crippen LogP contribution in [0.25, 0.3) is 11.0 Å². The number of fused-ring (bicyclic) bond motifs is 1. The minimum atomic E-state index is -0.0819. The van der Waals surface area contributed by atoms with Crippen LogP contribution in [0.15, 0.2) is 41.0 Å². The molecular formula is C18H19N3O3. The second-order valence-electron chi connectivity index (χ2n) is 5.81. The summed E-state index contributed by atoms with van der Waals surface area (Å²) in [6.45, 7) is 4.10. The second kappa shape index (κ2) is 6.13. The van der Waals surface area contributed by atoms with Crippen molar-refractivity contribution < 1.29 is 13.9 Å². The molecule has 124 valence electrons. The summed E-state index contributed by atoms with van der Waals surface area (Å²) in [5.74, 6) is 2.52. The van der Waals surface area contributed by atoms with Crippen molar-refractivity contribution in [2.45, 2.75) is 13.0 Å². The van der Waals surface area contributed by atoms with Gasteiger partial charge in [0.15, 0.2) is 5.82 Å². The van der Waals surface area contributed by atoms with Crippen molar-refractivity contribution in [2.24, 2.45) is 0 Å². The van der Waals surface area contributed by atoms with Crippen molar-refractivity contribution in [3.8, 4) is 5.75 Å². The molecule has 0 N–H and O–H groups in total. The van der Waals surface area contributed by atoms with Gasteiger partial charge in [-0.3, -0.25) is 0 Å². The van der Waals surface area contributed by atoms with Gasteiger partial charge in [0.1, 0.15) is 17.6 Å². The minimum absolute atomic E-state index is 0.0819. The molecule has 1 aliphatic heterocycles. The normalized spacial score (nSPS) is 18.1. The van der Waals surface area contributed by atoms with Crippen LogP contribution >= 0.6 is 0 Å². The van der Waals surface area contributed by atoms with E-state index in [0.29, 0.717) is 13.2 Å². The van der Waals surface area contributed by atoms with Gasteiger partial charge in [0.05, 0.1) is 43.3 Å². The van der Waals surface area contributed by atoms with E-state index in [0.717, 1.165) is 40.6 Å². The second-order valence-corrected chi connectivity index (χ2v) is 5.81. The number of aryl methyl sites for hydroxylation is 1. The predicted molar refractivity (Wildman–Crippen MR) is 90.4 cm³/mol. The molecule has 0 bridgehead atoms. The van der Waals surface area contributed by atoms with E-state index in [1.54, 1.807) is 13.4 Å². The molecule has 3 aromatic rings. The summed E-state index contributed by atoms with van der Waals surface area (Å²) in [6, 6.07) is 9.57. The van der Waals surface area contributed by atoms with Gasteiger partial charge in [-0.2, -0.15) is 0 Å². The summed E-state index contributed by atoms with van der Waals surface area (Å²) >= 11 is 0. The molecule has 2 aromatic heterocycles. The van der Waals surface area contributed by atoms with Crippen molar-refractivity contribution >= 4 is 16.9 Å². The Kier molecular flexibility index (Phi) is 3.82. The van der Waals surface area contributed by atoms with E-state index in [4.69, 9.17) is 23.9 Å². The van der Waals surface area contributed by atoms with Crippen molar-refractivity contribution in [3.05, 3.63) is 48.0 Å². The van der Waals surface area contributed by atoms with Gasteiger partial charge >= 0.3 is 0 Å². The maximum absolute atomic E-state index is 5.83. The molecule has 4 rings (SSSR count). The summed E-state index contributed by atoms with van der Waals surface area (Å²) in [6.07, 6.45) is 1.59. The maximum Gasteiger partial charge on any atom is 0.150 e. The van der Waals surface area contributed by atoms with E-state index >= 15 is 0 Å². The number of nitrogens with zero attached hydrogens (tertiary/aromatic N) is 3. The molecule has 1 fully saturated rings. The lowest BCUT2D eigenvalue weighted by atomic mass is 10.2. The monoisotopic (exact) mass is 325 g/mol. The number of methoxy groups -OCH3 is 1. The fraction of sp³-hybridized carbons (Fsp3) is 0.333. The van der Waals surface area contributed by atoms with Crippen molar-refractivity contribution in [2.75, 3.05) is 31.7 Å². The number of furan rings is 1. The number of ether oxygens (including phenoxy) is 2. The molecular weight excluding hydrogens is 306 g/mol. The van der Waals surface area contributed by atoms with Crippen LogP contribution in [0, 0.1) is 6.92 Å². The first kappa shape index (κ1) is 15.0. The Morgan fingerprint density at radius 2 is 2.12 bits per heavy atom. The maximum atomic E-state index is 5.83. The molecule has 1 saturated heterocycles. The zero-order valence-corrected chi connectivity index (χ0v) is 13.7. The van der Waals surface area contributed by atoms with Gasteiger partial charge < -0.3 is 18.8 Å². The van der Waals surface area contributed by atoms with Gasteiger partial charge in [-0.15, -0.1) is 0 Å². The predicted octanol–water partition coefficient (Wildman–Crippen LogP) is 3.12. The third-order valence-corrected chi connectivity index (χ3v) is 4.25. The number of hydrogen-bond donors (Lipinski definition) is 0. The van der Waals surface area contributed by atoms with Crippen LogP contribution in [0.1, 0.15) is 17.6 Å². The summed E-state index contributed by atoms with van der Waals surface area (Å²) in [5, 5.41) is 0. The van der Waals surface area contributed by atoms with Gasteiger partial charge in [-0.05, 0) is 31.2 Å². The molecule has 1 atom stereocenters. The zero-order chi connectivity index (χ0) is 16.5. The highest BCUT2D eigenvalue weighted by Gasteiger charge is 2.26. The lowest BCUT2D eigenvalue weighted by molar-refractivity contribution is 0.0254. The molecule has 24 heavy (non-hydrogen) atoms. The van der Waals surface area contributed by atoms with Gasteiger partial charge in [-0.25, -0.2) is 9.97 Å². The average molecular weight is 325 g/mol. The topological polar surface area (TPSA) is 60.6 Å². The molecule has 0 radical (unpaired) electrons. The van der Waals surface area contributed by atoms with Crippen LogP contribution in [0.5, 0.6) is 5.75 Å². The smallest absolute Gasteiger partial charge is 0.150 e. The van der Waals surface area contributed by atoms with E-state index in [1.807, 2.05) is 37.3 Å². The molecule has 1 unspecified atom stereocenters. The quantitative estimate of drug-likeness (QED) is 0.737. The summed E-state index contributed by atoms with van der Waals surface area (Å²) in [5.41, 5.74) is 2.60. The fourth-order valence-corrected chi connectivity index (χ4v) is 3.03. The Hall–Kier alpha value is -2.60.